The molecule has 1 aromatic heterocycles. The summed E-state index contributed by atoms with van der Waals surface area (Å²) in [5.41, 5.74) is 0.832. The van der Waals surface area contributed by atoms with Gasteiger partial charge in [-0.1, -0.05) is 29.8 Å². The highest BCUT2D eigenvalue weighted by atomic mass is 35.5. The Balaban J connectivity index is 1.54. The number of benzene rings is 1. The maximum absolute atomic E-state index is 12.3. The van der Waals surface area contributed by atoms with E-state index in [1.807, 2.05) is 18.2 Å². The Bertz CT molecular complexity index is 715. The van der Waals surface area contributed by atoms with Gasteiger partial charge in [0.05, 0.1) is 36.9 Å². The predicted molar refractivity (Wildman–Crippen MR) is 93.1 cm³/mol. The maximum Gasteiger partial charge on any atom is 0.292 e. The maximum atomic E-state index is 12.3. The van der Waals surface area contributed by atoms with Crippen LogP contribution in [-0.2, 0) is 9.47 Å². The summed E-state index contributed by atoms with van der Waals surface area (Å²) in [7, 11) is 0. The first kappa shape index (κ1) is 17.0. The van der Waals surface area contributed by atoms with Gasteiger partial charge in [0.2, 0.25) is 0 Å². The van der Waals surface area contributed by atoms with Gasteiger partial charge >= 0.3 is 0 Å². The van der Waals surface area contributed by atoms with E-state index in [1.165, 1.54) is 4.68 Å². The van der Waals surface area contributed by atoms with E-state index in [4.69, 9.17) is 21.1 Å². The Morgan fingerprint density at radius 1 is 1.38 bits per heavy atom. The van der Waals surface area contributed by atoms with Gasteiger partial charge in [-0.15, -0.1) is 0 Å². The minimum Gasteiger partial charge on any atom is -0.380 e. The van der Waals surface area contributed by atoms with Crippen LogP contribution in [0.1, 0.15) is 12.8 Å². The molecular formula is C17H20ClN3O3. The van der Waals surface area contributed by atoms with Gasteiger partial charge in [-0.25, -0.2) is 0 Å². The molecule has 1 aliphatic heterocycles. The third-order valence-electron chi connectivity index (χ3n) is 3.81. The van der Waals surface area contributed by atoms with Crippen LogP contribution < -0.4 is 10.9 Å². The van der Waals surface area contributed by atoms with Crippen molar-refractivity contribution in [1.29, 1.82) is 0 Å². The Morgan fingerprint density at radius 3 is 2.96 bits per heavy atom. The molecule has 128 valence electrons. The van der Waals surface area contributed by atoms with Crippen molar-refractivity contribution in [3.63, 3.8) is 0 Å². The highest BCUT2D eigenvalue weighted by molar-refractivity contribution is 6.32. The molecule has 0 radical (unpaired) electrons. The Kier molecular flexibility index (Phi) is 5.85. The molecule has 6 nitrogen and oxygen atoms in total. The molecule has 0 bridgehead atoms. The number of hydrogen-bond acceptors (Lipinski definition) is 5. The zero-order valence-electron chi connectivity index (χ0n) is 13.3. The van der Waals surface area contributed by atoms with Crippen LogP contribution in [0.5, 0.6) is 0 Å². The summed E-state index contributed by atoms with van der Waals surface area (Å²) in [4.78, 5) is 12.3. The molecule has 1 N–H and O–H groups in total. The van der Waals surface area contributed by atoms with Crippen LogP contribution in [0.25, 0.3) is 5.69 Å². The second-order valence-electron chi connectivity index (χ2n) is 5.56. The number of para-hydroxylation sites is 1. The molecular weight excluding hydrogens is 330 g/mol. The lowest BCUT2D eigenvalue weighted by Gasteiger charge is -2.12. The van der Waals surface area contributed by atoms with E-state index in [1.54, 1.807) is 18.3 Å². The van der Waals surface area contributed by atoms with Crippen molar-refractivity contribution in [3.05, 3.63) is 51.9 Å². The van der Waals surface area contributed by atoms with Crippen molar-refractivity contribution in [2.75, 3.05) is 31.7 Å². The molecule has 0 amide bonds. The van der Waals surface area contributed by atoms with Gasteiger partial charge in [-0.3, -0.25) is 4.79 Å². The first-order chi connectivity index (χ1) is 11.8. The van der Waals surface area contributed by atoms with E-state index in [9.17, 15) is 4.79 Å². The summed E-state index contributed by atoms with van der Waals surface area (Å²) in [6, 6.07) is 9.17. The van der Waals surface area contributed by atoms with E-state index < -0.39 is 0 Å². The third kappa shape index (κ3) is 4.14. The van der Waals surface area contributed by atoms with Crippen LogP contribution in [0, 0.1) is 0 Å². The normalized spacial score (nSPS) is 17.1. The highest BCUT2D eigenvalue weighted by Gasteiger charge is 2.15. The Morgan fingerprint density at radius 2 is 2.21 bits per heavy atom. The largest absolute Gasteiger partial charge is 0.380 e. The summed E-state index contributed by atoms with van der Waals surface area (Å²) in [6.07, 6.45) is 3.92. The number of hydrogen-bond donors (Lipinski definition) is 1. The van der Waals surface area contributed by atoms with Gasteiger partial charge in [0.25, 0.3) is 5.56 Å². The Labute approximate surface area is 145 Å². The van der Waals surface area contributed by atoms with Crippen molar-refractivity contribution >= 4 is 17.3 Å². The molecule has 0 aliphatic carbocycles. The minimum atomic E-state index is -0.354. The highest BCUT2D eigenvalue weighted by Crippen LogP contribution is 2.16. The van der Waals surface area contributed by atoms with Gasteiger partial charge in [-0.05, 0) is 25.0 Å². The average Bonchev–Trinajstić information content (AvgIpc) is 3.12. The van der Waals surface area contributed by atoms with E-state index in [-0.39, 0.29) is 16.7 Å². The van der Waals surface area contributed by atoms with Crippen molar-refractivity contribution in [3.8, 4) is 5.69 Å². The average molecular weight is 350 g/mol. The monoisotopic (exact) mass is 349 g/mol. The minimum absolute atomic E-state index is 0.118. The second kappa shape index (κ2) is 8.28. The number of aromatic nitrogens is 2. The SMILES string of the molecule is O=c1c(Cl)c(NCCOCC2CCCO2)cnn1-c1ccccc1. The molecule has 1 aliphatic rings. The lowest BCUT2D eigenvalue weighted by Crippen LogP contribution is -2.23. The van der Waals surface area contributed by atoms with Crippen molar-refractivity contribution in [2.45, 2.75) is 18.9 Å². The smallest absolute Gasteiger partial charge is 0.292 e. The van der Waals surface area contributed by atoms with Gasteiger partial charge in [-0.2, -0.15) is 9.78 Å². The van der Waals surface area contributed by atoms with Gasteiger partial charge in [0, 0.05) is 13.2 Å². The van der Waals surface area contributed by atoms with Crippen LogP contribution >= 0.6 is 11.6 Å². The molecule has 1 aromatic carbocycles. The lowest BCUT2D eigenvalue weighted by atomic mass is 10.2. The molecule has 1 saturated heterocycles. The van der Waals surface area contributed by atoms with Crippen LogP contribution in [-0.4, -0.2) is 42.2 Å². The van der Waals surface area contributed by atoms with Crippen LogP contribution in [0.4, 0.5) is 5.69 Å². The van der Waals surface area contributed by atoms with E-state index in [0.29, 0.717) is 31.1 Å². The number of rotatable bonds is 7. The van der Waals surface area contributed by atoms with Gasteiger partial charge < -0.3 is 14.8 Å². The van der Waals surface area contributed by atoms with Crippen molar-refractivity contribution in [1.82, 2.24) is 9.78 Å². The number of nitrogens with one attached hydrogen (secondary N) is 1. The molecule has 2 aromatic rings. The van der Waals surface area contributed by atoms with Crippen LogP contribution in [0.15, 0.2) is 41.3 Å². The van der Waals surface area contributed by atoms with E-state index >= 15 is 0 Å². The van der Waals surface area contributed by atoms with E-state index in [2.05, 4.69) is 10.4 Å². The molecule has 24 heavy (non-hydrogen) atoms. The number of halogens is 1. The summed E-state index contributed by atoms with van der Waals surface area (Å²) in [5, 5.41) is 7.37. The molecule has 1 atom stereocenters. The molecule has 3 rings (SSSR count). The second-order valence-corrected chi connectivity index (χ2v) is 5.94. The quantitative estimate of drug-likeness (QED) is 0.778. The topological polar surface area (TPSA) is 65.4 Å². The fraction of sp³-hybridized carbons (Fsp3) is 0.412. The van der Waals surface area contributed by atoms with Crippen molar-refractivity contribution in [2.24, 2.45) is 0 Å². The summed E-state index contributed by atoms with van der Waals surface area (Å²) in [6.45, 7) is 2.48. The first-order valence-electron chi connectivity index (χ1n) is 8.02. The standard InChI is InChI=1S/C17H20ClN3O3/c18-16-15(19-8-10-23-12-14-7-4-9-24-14)11-20-21(17(16)22)13-5-2-1-3-6-13/h1-3,5-6,11,14,19H,4,7-10,12H2. The fourth-order valence-electron chi connectivity index (χ4n) is 2.56. The molecule has 7 heteroatoms. The zero-order chi connectivity index (χ0) is 16.8. The molecule has 0 spiro atoms. The fourth-order valence-corrected chi connectivity index (χ4v) is 2.75. The summed E-state index contributed by atoms with van der Waals surface area (Å²) in [5.74, 6) is 0. The summed E-state index contributed by atoms with van der Waals surface area (Å²) < 4.78 is 12.3. The van der Waals surface area contributed by atoms with E-state index in [0.717, 1.165) is 19.4 Å². The Hall–Kier alpha value is -1.89. The third-order valence-corrected chi connectivity index (χ3v) is 4.17. The molecule has 2 heterocycles. The number of anilines is 1. The molecule has 1 unspecified atom stereocenters. The predicted octanol–water partition coefficient (Wildman–Crippen LogP) is 2.49. The number of nitrogens with zero attached hydrogens (tertiary/aromatic N) is 2. The van der Waals surface area contributed by atoms with Crippen molar-refractivity contribution < 1.29 is 9.47 Å². The first-order valence-corrected chi connectivity index (χ1v) is 8.40. The zero-order valence-corrected chi connectivity index (χ0v) is 14.0. The molecule has 1 fully saturated rings. The molecule has 0 saturated carbocycles. The van der Waals surface area contributed by atoms with Crippen LogP contribution in [0.3, 0.4) is 0 Å². The lowest BCUT2D eigenvalue weighted by molar-refractivity contribution is 0.0206. The number of ether oxygens (including phenoxy) is 2. The van der Waals surface area contributed by atoms with Gasteiger partial charge in [0.15, 0.2) is 0 Å². The van der Waals surface area contributed by atoms with Crippen LogP contribution in [0.2, 0.25) is 5.02 Å². The summed E-state index contributed by atoms with van der Waals surface area (Å²) >= 11 is 6.17. The van der Waals surface area contributed by atoms with Gasteiger partial charge in [0.1, 0.15) is 5.02 Å².